The second kappa shape index (κ2) is 3.57. The summed E-state index contributed by atoms with van der Waals surface area (Å²) in [6.07, 6.45) is -0.219. The van der Waals surface area contributed by atoms with Crippen molar-refractivity contribution in [1.82, 2.24) is 0 Å². The van der Waals surface area contributed by atoms with Crippen LogP contribution in [0.25, 0.3) is 0 Å². The van der Waals surface area contributed by atoms with Crippen LogP contribution in [0.1, 0.15) is 26.7 Å². The van der Waals surface area contributed by atoms with E-state index >= 15 is 0 Å². The first-order chi connectivity index (χ1) is 6.53. The number of aliphatic hydroxyl groups excluding tert-OH is 2. The van der Waals surface area contributed by atoms with Crippen molar-refractivity contribution in [3.8, 4) is 0 Å². The third-order valence-electron chi connectivity index (χ3n) is 3.20. The molecule has 0 aromatic heterocycles. The first kappa shape index (κ1) is 10.6. The molecule has 14 heavy (non-hydrogen) atoms. The van der Waals surface area contributed by atoms with E-state index in [9.17, 15) is 10.2 Å². The summed E-state index contributed by atoms with van der Waals surface area (Å²) >= 11 is 0. The van der Waals surface area contributed by atoms with Gasteiger partial charge in [-0.25, -0.2) is 0 Å². The molecule has 82 valence electrons. The summed E-state index contributed by atoms with van der Waals surface area (Å²) in [4.78, 5) is 0. The van der Waals surface area contributed by atoms with Crippen molar-refractivity contribution < 1.29 is 19.1 Å². The van der Waals surface area contributed by atoms with Crippen LogP contribution in [0.2, 0.25) is 11.6 Å². The molecule has 0 aromatic rings. The minimum Gasteiger partial charge on any atom is -0.393 e. The van der Waals surface area contributed by atoms with Gasteiger partial charge >= 0.3 is 8.56 Å². The summed E-state index contributed by atoms with van der Waals surface area (Å²) in [5.74, 6) is 0. The van der Waals surface area contributed by atoms with Crippen LogP contribution in [0.4, 0.5) is 0 Å². The van der Waals surface area contributed by atoms with Crippen LogP contribution in [0.15, 0.2) is 0 Å². The fourth-order valence-electron chi connectivity index (χ4n) is 2.22. The van der Waals surface area contributed by atoms with Gasteiger partial charge in [-0.3, -0.25) is 0 Å². The Hall–Kier alpha value is 0.0569. The van der Waals surface area contributed by atoms with Gasteiger partial charge in [-0.1, -0.05) is 13.8 Å². The molecule has 2 saturated heterocycles. The van der Waals surface area contributed by atoms with Crippen molar-refractivity contribution in [3.05, 3.63) is 0 Å². The zero-order chi connectivity index (χ0) is 10.3. The number of hydrogen-bond acceptors (Lipinski definition) is 4. The molecule has 0 spiro atoms. The van der Waals surface area contributed by atoms with Crippen molar-refractivity contribution in [1.29, 1.82) is 0 Å². The Labute approximate surface area is 85.1 Å². The monoisotopic (exact) mass is 218 g/mol. The zero-order valence-corrected chi connectivity index (χ0v) is 9.64. The highest BCUT2D eigenvalue weighted by Crippen LogP contribution is 2.41. The first-order valence-electron chi connectivity index (χ1n) is 5.25. The molecular weight excluding hydrogens is 200 g/mol. The number of fused-ring (bicyclic) bond motifs is 2. The first-order valence-corrected chi connectivity index (χ1v) is 7.35. The molecule has 4 atom stereocenters. The lowest BCUT2D eigenvalue weighted by Gasteiger charge is -2.27. The topological polar surface area (TPSA) is 58.9 Å². The average Bonchev–Trinajstić information content (AvgIpc) is 2.29. The Balaban J connectivity index is 2.19. The van der Waals surface area contributed by atoms with E-state index in [1.54, 1.807) is 0 Å². The van der Waals surface area contributed by atoms with Crippen LogP contribution in [-0.2, 0) is 8.85 Å². The highest BCUT2D eigenvalue weighted by Gasteiger charge is 2.54. The Morgan fingerprint density at radius 1 is 1.29 bits per heavy atom. The molecule has 2 N–H and O–H groups in total. The van der Waals surface area contributed by atoms with E-state index in [1.165, 1.54) is 0 Å². The molecular formula is C9H18O4Si. The summed E-state index contributed by atoms with van der Waals surface area (Å²) < 4.78 is 11.5. The third kappa shape index (κ3) is 1.63. The van der Waals surface area contributed by atoms with Crippen molar-refractivity contribution in [2.24, 2.45) is 0 Å². The number of aliphatic hydroxyl groups is 2. The van der Waals surface area contributed by atoms with Crippen LogP contribution in [0, 0.1) is 0 Å². The average molecular weight is 218 g/mol. The molecule has 4 nitrogen and oxygen atoms in total. The molecule has 0 aromatic carbocycles. The molecule has 2 fully saturated rings. The Kier molecular flexibility index (Phi) is 2.70. The minimum absolute atomic E-state index is 0.304. The molecule has 2 heterocycles. The molecule has 0 amide bonds. The third-order valence-corrected chi connectivity index (χ3v) is 7.29. The van der Waals surface area contributed by atoms with Crippen LogP contribution < -0.4 is 0 Å². The van der Waals surface area contributed by atoms with Gasteiger partial charge in [0.2, 0.25) is 0 Å². The van der Waals surface area contributed by atoms with E-state index in [2.05, 4.69) is 13.8 Å². The quantitative estimate of drug-likeness (QED) is 0.637. The second-order valence-electron chi connectivity index (χ2n) is 4.56. The summed E-state index contributed by atoms with van der Waals surface area (Å²) in [5.41, 5.74) is 0.326. The summed E-state index contributed by atoms with van der Waals surface area (Å²) in [6.45, 7) is 4.14. The minimum atomic E-state index is -2.23. The van der Waals surface area contributed by atoms with Gasteiger partial charge in [-0.05, 0) is 18.0 Å². The Morgan fingerprint density at radius 2 is 2.00 bits per heavy atom. The molecule has 0 aliphatic carbocycles. The van der Waals surface area contributed by atoms with E-state index in [1.807, 2.05) is 0 Å². The normalized spacial score (nSPS) is 48.2. The Bertz CT molecular complexity index is 223. The van der Waals surface area contributed by atoms with E-state index in [4.69, 9.17) is 8.85 Å². The lowest BCUT2D eigenvalue weighted by atomic mass is 10.1. The standard InChI is InChI=1S/C9H18O4Si/c1-6(2)14-4-3-7(10)5-8(12-14)9(11)13-14/h6-11H,3-5H2,1-2H3. The predicted molar refractivity (Wildman–Crippen MR) is 52.9 cm³/mol. The van der Waals surface area contributed by atoms with E-state index in [0.29, 0.717) is 12.0 Å². The van der Waals surface area contributed by atoms with E-state index < -0.39 is 14.9 Å². The number of hydrogen-bond donors (Lipinski definition) is 2. The molecule has 2 bridgehead atoms. The maximum absolute atomic E-state index is 9.63. The van der Waals surface area contributed by atoms with Gasteiger partial charge in [0.15, 0.2) is 6.29 Å². The summed E-state index contributed by atoms with van der Waals surface area (Å²) in [6, 6.07) is 0.791. The molecule has 0 radical (unpaired) electrons. The molecule has 2 rings (SSSR count). The largest absolute Gasteiger partial charge is 0.393 e. The Morgan fingerprint density at radius 3 is 2.64 bits per heavy atom. The van der Waals surface area contributed by atoms with Crippen molar-refractivity contribution >= 4 is 8.56 Å². The van der Waals surface area contributed by atoms with Gasteiger partial charge in [0, 0.05) is 6.42 Å². The highest BCUT2D eigenvalue weighted by atomic mass is 28.4. The lowest BCUT2D eigenvalue weighted by molar-refractivity contribution is -0.0569. The SMILES string of the molecule is CC(C)[Si]12CCC(O)CC(O1)C(O)O2. The maximum atomic E-state index is 9.63. The van der Waals surface area contributed by atoms with Gasteiger partial charge in [0.1, 0.15) is 0 Å². The van der Waals surface area contributed by atoms with Crippen molar-refractivity contribution in [2.45, 2.75) is 56.8 Å². The highest BCUT2D eigenvalue weighted by molar-refractivity contribution is 6.69. The van der Waals surface area contributed by atoms with Crippen molar-refractivity contribution in [3.63, 3.8) is 0 Å². The van der Waals surface area contributed by atoms with Gasteiger partial charge < -0.3 is 19.1 Å². The molecule has 4 unspecified atom stereocenters. The molecule has 0 saturated carbocycles. The van der Waals surface area contributed by atoms with Crippen LogP contribution >= 0.6 is 0 Å². The van der Waals surface area contributed by atoms with Crippen molar-refractivity contribution in [2.75, 3.05) is 0 Å². The zero-order valence-electron chi connectivity index (χ0n) is 8.64. The van der Waals surface area contributed by atoms with Gasteiger partial charge in [-0.2, -0.15) is 0 Å². The predicted octanol–water partition coefficient (Wildman–Crippen LogP) is 0.727. The van der Waals surface area contributed by atoms with E-state index in [0.717, 1.165) is 12.5 Å². The van der Waals surface area contributed by atoms with E-state index in [-0.39, 0.29) is 12.2 Å². The van der Waals surface area contributed by atoms with Gasteiger partial charge in [-0.15, -0.1) is 0 Å². The van der Waals surface area contributed by atoms with Gasteiger partial charge in [0.25, 0.3) is 0 Å². The van der Waals surface area contributed by atoms with Crippen LogP contribution in [0.5, 0.6) is 0 Å². The van der Waals surface area contributed by atoms with Gasteiger partial charge in [0.05, 0.1) is 12.2 Å². The van der Waals surface area contributed by atoms with Crippen LogP contribution in [-0.4, -0.2) is 37.3 Å². The number of rotatable bonds is 1. The molecule has 5 heteroatoms. The maximum Gasteiger partial charge on any atom is 0.343 e. The summed E-state index contributed by atoms with van der Waals surface area (Å²) in [5, 5.41) is 19.2. The summed E-state index contributed by atoms with van der Waals surface area (Å²) in [7, 11) is -2.23. The smallest absolute Gasteiger partial charge is 0.343 e. The molecule has 2 aliphatic rings. The second-order valence-corrected chi connectivity index (χ2v) is 8.31. The molecule has 2 aliphatic heterocycles. The fraction of sp³-hybridized carbons (Fsp3) is 1.00. The van der Waals surface area contributed by atoms with Crippen LogP contribution in [0.3, 0.4) is 0 Å². The lowest BCUT2D eigenvalue weighted by Crippen LogP contribution is -2.40. The fourth-order valence-corrected chi connectivity index (χ4v) is 5.65.